The molecule has 0 aliphatic heterocycles. The number of anilines is 1. The summed E-state index contributed by atoms with van der Waals surface area (Å²) in [7, 11) is 1.84. The van der Waals surface area contributed by atoms with Crippen molar-refractivity contribution in [1.82, 2.24) is 9.78 Å². The fourth-order valence-corrected chi connectivity index (χ4v) is 2.13. The molecule has 0 saturated carbocycles. The van der Waals surface area contributed by atoms with Crippen molar-refractivity contribution < 1.29 is 9.59 Å². The van der Waals surface area contributed by atoms with Gasteiger partial charge in [-0.25, -0.2) is 0 Å². The van der Waals surface area contributed by atoms with Crippen LogP contribution in [0, 0.1) is 0 Å². The van der Waals surface area contributed by atoms with Crippen LogP contribution in [0.3, 0.4) is 0 Å². The molecule has 0 saturated heterocycles. The number of nitrogens with two attached hydrogens (primary N) is 2. The predicted molar refractivity (Wildman–Crippen MR) is 78.7 cm³/mol. The number of primary amides is 2. The minimum absolute atomic E-state index is 0.0682. The Morgan fingerprint density at radius 3 is 2.19 bits per heavy atom. The largest absolute Gasteiger partial charge is 0.377 e. The summed E-state index contributed by atoms with van der Waals surface area (Å²) in [5.41, 5.74) is 12.5. The number of aromatic nitrogens is 2. The molecule has 0 fully saturated rings. The highest BCUT2D eigenvalue weighted by Gasteiger charge is 2.13. The summed E-state index contributed by atoms with van der Waals surface area (Å²) in [6.07, 6.45) is 1.70. The van der Waals surface area contributed by atoms with Crippen LogP contribution in [-0.2, 0) is 7.05 Å². The second-order valence-corrected chi connectivity index (χ2v) is 4.77. The van der Waals surface area contributed by atoms with E-state index < -0.39 is 11.8 Å². The van der Waals surface area contributed by atoms with Crippen LogP contribution in [0.4, 0.5) is 5.69 Å². The van der Waals surface area contributed by atoms with Crippen LogP contribution in [-0.4, -0.2) is 21.6 Å². The lowest BCUT2D eigenvalue weighted by atomic mass is 10.1. The molecule has 1 heterocycles. The number of carbonyl (C=O) groups is 2. The summed E-state index contributed by atoms with van der Waals surface area (Å²) in [4.78, 5) is 22.6. The van der Waals surface area contributed by atoms with E-state index in [0.29, 0.717) is 5.69 Å². The van der Waals surface area contributed by atoms with Gasteiger partial charge in [-0.2, -0.15) is 5.10 Å². The van der Waals surface area contributed by atoms with Crippen LogP contribution in [0.2, 0.25) is 0 Å². The van der Waals surface area contributed by atoms with Gasteiger partial charge in [0.05, 0.1) is 11.7 Å². The van der Waals surface area contributed by atoms with E-state index in [9.17, 15) is 9.59 Å². The van der Waals surface area contributed by atoms with Crippen molar-refractivity contribution in [3.05, 3.63) is 47.3 Å². The topological polar surface area (TPSA) is 116 Å². The SMILES string of the molecule is CC(Nc1cc(C(N)=O)cc(C(N)=O)c1)c1ccnn1C. The molecule has 1 atom stereocenters. The van der Waals surface area contributed by atoms with Crippen molar-refractivity contribution in [2.45, 2.75) is 13.0 Å². The molecule has 110 valence electrons. The highest BCUT2D eigenvalue weighted by Crippen LogP contribution is 2.21. The first kappa shape index (κ1) is 14.6. The number of hydrogen-bond acceptors (Lipinski definition) is 4. The first-order valence-corrected chi connectivity index (χ1v) is 6.37. The highest BCUT2D eigenvalue weighted by atomic mass is 16.1. The Hall–Kier alpha value is -2.83. The van der Waals surface area contributed by atoms with Crippen molar-refractivity contribution in [2.24, 2.45) is 18.5 Å². The van der Waals surface area contributed by atoms with Gasteiger partial charge in [-0.15, -0.1) is 0 Å². The lowest BCUT2D eigenvalue weighted by Gasteiger charge is -2.16. The second kappa shape index (κ2) is 5.66. The molecule has 0 bridgehead atoms. The lowest BCUT2D eigenvalue weighted by molar-refractivity contribution is 0.0999. The molecule has 1 unspecified atom stereocenters. The summed E-state index contributed by atoms with van der Waals surface area (Å²) >= 11 is 0. The zero-order chi connectivity index (χ0) is 15.6. The molecular weight excluding hydrogens is 270 g/mol. The van der Waals surface area contributed by atoms with Gasteiger partial charge in [-0.3, -0.25) is 14.3 Å². The van der Waals surface area contributed by atoms with Crippen LogP contribution < -0.4 is 16.8 Å². The Morgan fingerprint density at radius 2 is 1.76 bits per heavy atom. The van der Waals surface area contributed by atoms with Gasteiger partial charge in [0, 0.05) is 30.1 Å². The average Bonchev–Trinajstić information content (AvgIpc) is 2.84. The van der Waals surface area contributed by atoms with E-state index in [1.807, 2.05) is 20.0 Å². The Bertz CT molecular complexity index is 660. The van der Waals surface area contributed by atoms with Crippen molar-refractivity contribution in [3.8, 4) is 0 Å². The zero-order valence-corrected chi connectivity index (χ0v) is 11.8. The van der Waals surface area contributed by atoms with Crippen LogP contribution in [0.15, 0.2) is 30.5 Å². The summed E-state index contributed by atoms with van der Waals surface area (Å²) < 4.78 is 1.74. The molecule has 0 aliphatic rings. The van der Waals surface area contributed by atoms with Crippen molar-refractivity contribution in [1.29, 1.82) is 0 Å². The monoisotopic (exact) mass is 287 g/mol. The van der Waals surface area contributed by atoms with Crippen molar-refractivity contribution >= 4 is 17.5 Å². The number of hydrogen-bond donors (Lipinski definition) is 3. The molecule has 0 spiro atoms. The number of aryl methyl sites for hydroxylation is 1. The molecule has 7 heteroatoms. The predicted octanol–water partition coefficient (Wildman–Crippen LogP) is 0.791. The Kier molecular flexibility index (Phi) is 3.93. The van der Waals surface area contributed by atoms with E-state index in [1.54, 1.807) is 23.0 Å². The number of rotatable bonds is 5. The van der Waals surface area contributed by atoms with E-state index in [4.69, 9.17) is 11.5 Å². The van der Waals surface area contributed by atoms with Gasteiger partial charge in [-0.1, -0.05) is 0 Å². The van der Waals surface area contributed by atoms with Crippen molar-refractivity contribution in [3.63, 3.8) is 0 Å². The quantitative estimate of drug-likeness (QED) is 0.753. The van der Waals surface area contributed by atoms with Gasteiger partial charge in [0.25, 0.3) is 0 Å². The van der Waals surface area contributed by atoms with E-state index in [2.05, 4.69) is 10.4 Å². The zero-order valence-electron chi connectivity index (χ0n) is 11.8. The third kappa shape index (κ3) is 3.19. The summed E-state index contributed by atoms with van der Waals surface area (Å²) in [5.74, 6) is -1.23. The number of benzene rings is 1. The summed E-state index contributed by atoms with van der Waals surface area (Å²) in [6.45, 7) is 1.94. The number of carbonyl (C=O) groups excluding carboxylic acids is 2. The maximum absolute atomic E-state index is 11.3. The molecular formula is C14H17N5O2. The van der Waals surface area contributed by atoms with Crippen molar-refractivity contribution in [2.75, 3.05) is 5.32 Å². The Morgan fingerprint density at radius 1 is 1.19 bits per heavy atom. The molecule has 21 heavy (non-hydrogen) atoms. The van der Waals surface area contributed by atoms with Crippen LogP contribution in [0.1, 0.15) is 39.4 Å². The van der Waals surface area contributed by atoms with Gasteiger partial charge >= 0.3 is 0 Å². The maximum atomic E-state index is 11.3. The smallest absolute Gasteiger partial charge is 0.248 e. The molecule has 1 aromatic heterocycles. The Labute approximate surface area is 121 Å². The molecule has 1 aromatic carbocycles. The number of nitrogens with zero attached hydrogens (tertiary/aromatic N) is 2. The minimum Gasteiger partial charge on any atom is -0.377 e. The molecule has 2 amide bonds. The third-order valence-electron chi connectivity index (χ3n) is 3.19. The van der Waals surface area contributed by atoms with Gasteiger partial charge in [-0.05, 0) is 31.2 Å². The van der Waals surface area contributed by atoms with Gasteiger partial charge in [0.2, 0.25) is 11.8 Å². The minimum atomic E-state index is -0.616. The maximum Gasteiger partial charge on any atom is 0.248 e. The summed E-state index contributed by atoms with van der Waals surface area (Å²) in [6, 6.07) is 6.36. The van der Waals surface area contributed by atoms with Crippen LogP contribution in [0.5, 0.6) is 0 Å². The number of amides is 2. The summed E-state index contributed by atoms with van der Waals surface area (Å²) in [5, 5.41) is 7.30. The highest BCUT2D eigenvalue weighted by molar-refractivity contribution is 5.99. The molecule has 2 rings (SSSR count). The molecule has 0 radical (unpaired) electrons. The van der Waals surface area contributed by atoms with E-state index in [1.165, 1.54) is 6.07 Å². The van der Waals surface area contributed by atoms with Gasteiger partial charge in [0.1, 0.15) is 0 Å². The van der Waals surface area contributed by atoms with E-state index >= 15 is 0 Å². The van der Waals surface area contributed by atoms with Crippen LogP contribution >= 0.6 is 0 Å². The molecule has 0 aliphatic carbocycles. The average molecular weight is 287 g/mol. The standard InChI is InChI=1S/C14H17N5O2/c1-8(12-3-4-17-19(12)2)18-11-6-9(13(15)20)5-10(7-11)14(16)21/h3-8,18H,1-2H3,(H2,15,20)(H2,16,21). The third-order valence-corrected chi connectivity index (χ3v) is 3.19. The van der Waals surface area contributed by atoms with E-state index in [-0.39, 0.29) is 17.2 Å². The normalized spacial score (nSPS) is 11.9. The lowest BCUT2D eigenvalue weighted by Crippen LogP contribution is -2.17. The molecule has 2 aromatic rings. The molecule has 5 N–H and O–H groups in total. The fourth-order valence-electron chi connectivity index (χ4n) is 2.13. The van der Waals surface area contributed by atoms with Gasteiger partial charge in [0.15, 0.2) is 0 Å². The van der Waals surface area contributed by atoms with E-state index in [0.717, 1.165) is 5.69 Å². The first-order valence-electron chi connectivity index (χ1n) is 6.37. The van der Waals surface area contributed by atoms with Crippen LogP contribution in [0.25, 0.3) is 0 Å². The fraction of sp³-hybridized carbons (Fsp3) is 0.214. The van der Waals surface area contributed by atoms with Gasteiger partial charge < -0.3 is 16.8 Å². The first-order chi connectivity index (χ1) is 9.88. The second-order valence-electron chi connectivity index (χ2n) is 4.77. The number of nitrogens with one attached hydrogen (secondary N) is 1. The molecule has 7 nitrogen and oxygen atoms in total. The Balaban J connectivity index is 2.33.